The zero-order chi connectivity index (χ0) is 18.6. The van der Waals surface area contributed by atoms with Gasteiger partial charge >= 0.3 is 0 Å². The number of piperazine rings is 1. The average molecular weight is 378 g/mol. The molecule has 0 spiro atoms. The summed E-state index contributed by atoms with van der Waals surface area (Å²) in [5.41, 5.74) is 1.40. The molecular formula is C19H23FN2O3S. The van der Waals surface area contributed by atoms with E-state index in [0.29, 0.717) is 31.7 Å². The monoisotopic (exact) mass is 378 g/mol. The Morgan fingerprint density at radius 1 is 1.00 bits per heavy atom. The zero-order valence-electron chi connectivity index (χ0n) is 14.8. The average Bonchev–Trinajstić information content (AvgIpc) is 2.67. The van der Waals surface area contributed by atoms with E-state index in [0.717, 1.165) is 11.4 Å². The number of hydrogen-bond acceptors (Lipinski definition) is 4. The molecule has 26 heavy (non-hydrogen) atoms. The highest BCUT2D eigenvalue weighted by atomic mass is 32.2. The Hall–Kier alpha value is -2.12. The molecule has 3 rings (SSSR count). The first kappa shape index (κ1) is 18.7. The maximum absolute atomic E-state index is 13.7. The normalized spacial score (nSPS) is 15.8. The van der Waals surface area contributed by atoms with Crippen molar-refractivity contribution in [1.82, 2.24) is 4.31 Å². The van der Waals surface area contributed by atoms with E-state index in [2.05, 4.69) is 4.90 Å². The molecule has 0 atom stereocenters. The fourth-order valence-electron chi connectivity index (χ4n) is 3.17. The molecular weight excluding hydrogens is 355 g/mol. The zero-order valence-corrected chi connectivity index (χ0v) is 15.6. The second-order valence-corrected chi connectivity index (χ2v) is 8.30. The van der Waals surface area contributed by atoms with Gasteiger partial charge in [-0.2, -0.15) is 4.31 Å². The summed E-state index contributed by atoms with van der Waals surface area (Å²) in [6.07, 6.45) is 0.182. The third kappa shape index (κ3) is 4.16. The van der Waals surface area contributed by atoms with Gasteiger partial charge in [-0.25, -0.2) is 12.8 Å². The molecule has 0 saturated carbocycles. The molecule has 1 aliphatic rings. The molecule has 140 valence electrons. The quantitative estimate of drug-likeness (QED) is 0.775. The van der Waals surface area contributed by atoms with Crippen LogP contribution in [0.3, 0.4) is 0 Å². The van der Waals surface area contributed by atoms with Crippen molar-refractivity contribution in [2.24, 2.45) is 0 Å². The highest BCUT2D eigenvalue weighted by Gasteiger charge is 2.27. The lowest BCUT2D eigenvalue weighted by Crippen LogP contribution is -2.49. The Labute approximate surface area is 154 Å². The number of anilines is 1. The standard InChI is InChI=1S/C19H23FN2O3S/c1-25-19-9-5-4-8-18(19)21-11-13-22(14-12-21)26(23,24)15-10-16-6-2-3-7-17(16)20/h2-9H,10-15H2,1H3. The summed E-state index contributed by atoms with van der Waals surface area (Å²) in [6, 6.07) is 14.0. The Bertz CT molecular complexity index is 849. The molecule has 1 saturated heterocycles. The van der Waals surface area contributed by atoms with E-state index in [1.54, 1.807) is 25.3 Å². The summed E-state index contributed by atoms with van der Waals surface area (Å²) >= 11 is 0. The fraction of sp³-hybridized carbons (Fsp3) is 0.368. The van der Waals surface area contributed by atoms with Gasteiger partial charge in [0.1, 0.15) is 11.6 Å². The van der Waals surface area contributed by atoms with Gasteiger partial charge in [0.05, 0.1) is 18.6 Å². The molecule has 2 aromatic rings. The van der Waals surface area contributed by atoms with Gasteiger partial charge in [-0.1, -0.05) is 30.3 Å². The third-order valence-electron chi connectivity index (χ3n) is 4.65. The van der Waals surface area contributed by atoms with E-state index in [-0.39, 0.29) is 18.0 Å². The minimum absolute atomic E-state index is 0.0808. The van der Waals surface area contributed by atoms with Crippen LogP contribution in [-0.2, 0) is 16.4 Å². The maximum atomic E-state index is 13.7. The summed E-state index contributed by atoms with van der Waals surface area (Å²) in [5.74, 6) is 0.342. The number of rotatable bonds is 6. The van der Waals surface area contributed by atoms with Gasteiger partial charge in [0.15, 0.2) is 0 Å². The molecule has 1 fully saturated rings. The molecule has 7 heteroatoms. The number of aryl methyl sites for hydroxylation is 1. The summed E-state index contributed by atoms with van der Waals surface area (Å²) in [7, 11) is -1.78. The number of hydrogen-bond donors (Lipinski definition) is 0. The largest absolute Gasteiger partial charge is 0.495 e. The van der Waals surface area contributed by atoms with Gasteiger partial charge < -0.3 is 9.64 Å². The van der Waals surface area contributed by atoms with E-state index in [9.17, 15) is 12.8 Å². The van der Waals surface area contributed by atoms with E-state index >= 15 is 0 Å². The lowest BCUT2D eigenvalue weighted by molar-refractivity contribution is 0.378. The Kier molecular flexibility index (Phi) is 5.78. The maximum Gasteiger partial charge on any atom is 0.214 e. The van der Waals surface area contributed by atoms with E-state index in [1.165, 1.54) is 10.4 Å². The van der Waals surface area contributed by atoms with Crippen LogP contribution >= 0.6 is 0 Å². The van der Waals surface area contributed by atoms with Crippen LogP contribution in [0.5, 0.6) is 5.75 Å². The molecule has 1 aliphatic heterocycles. The van der Waals surface area contributed by atoms with Gasteiger partial charge in [0.25, 0.3) is 0 Å². The molecule has 2 aromatic carbocycles. The minimum Gasteiger partial charge on any atom is -0.495 e. The molecule has 5 nitrogen and oxygen atoms in total. The Morgan fingerprint density at radius 3 is 2.35 bits per heavy atom. The van der Waals surface area contributed by atoms with Gasteiger partial charge in [-0.15, -0.1) is 0 Å². The first-order valence-corrected chi connectivity index (χ1v) is 10.2. The van der Waals surface area contributed by atoms with Crippen LogP contribution in [0.2, 0.25) is 0 Å². The molecule has 0 N–H and O–H groups in total. The van der Waals surface area contributed by atoms with Gasteiger partial charge in [-0.05, 0) is 30.2 Å². The predicted octanol–water partition coefficient (Wildman–Crippen LogP) is 2.53. The third-order valence-corrected chi connectivity index (χ3v) is 6.52. The van der Waals surface area contributed by atoms with Crippen LogP contribution in [0.4, 0.5) is 10.1 Å². The van der Waals surface area contributed by atoms with Crippen LogP contribution in [0.25, 0.3) is 0 Å². The topological polar surface area (TPSA) is 49.9 Å². The van der Waals surface area contributed by atoms with Crippen LogP contribution in [0.15, 0.2) is 48.5 Å². The van der Waals surface area contributed by atoms with Gasteiger partial charge in [-0.3, -0.25) is 0 Å². The van der Waals surface area contributed by atoms with Crippen LogP contribution in [0.1, 0.15) is 5.56 Å². The number of methoxy groups -OCH3 is 1. The van der Waals surface area contributed by atoms with Crippen molar-refractivity contribution in [2.45, 2.75) is 6.42 Å². The van der Waals surface area contributed by atoms with Crippen LogP contribution in [0, 0.1) is 5.82 Å². The van der Waals surface area contributed by atoms with Crippen molar-refractivity contribution in [3.05, 3.63) is 59.9 Å². The minimum atomic E-state index is -3.41. The van der Waals surface area contributed by atoms with Gasteiger partial charge in [0, 0.05) is 26.2 Å². The van der Waals surface area contributed by atoms with Crippen molar-refractivity contribution < 1.29 is 17.5 Å². The first-order chi connectivity index (χ1) is 12.5. The smallest absolute Gasteiger partial charge is 0.214 e. The second kappa shape index (κ2) is 8.05. The summed E-state index contributed by atoms with van der Waals surface area (Å²) in [5, 5.41) is 0. The van der Waals surface area contributed by atoms with E-state index < -0.39 is 10.0 Å². The summed E-state index contributed by atoms with van der Waals surface area (Å²) in [6.45, 7) is 2.02. The highest BCUT2D eigenvalue weighted by Crippen LogP contribution is 2.28. The first-order valence-electron chi connectivity index (χ1n) is 8.60. The van der Waals surface area contributed by atoms with Gasteiger partial charge in [0.2, 0.25) is 10.0 Å². The van der Waals surface area contributed by atoms with E-state index in [1.807, 2.05) is 24.3 Å². The van der Waals surface area contributed by atoms with Crippen molar-refractivity contribution in [1.29, 1.82) is 0 Å². The van der Waals surface area contributed by atoms with Crippen molar-refractivity contribution in [3.63, 3.8) is 0 Å². The number of benzene rings is 2. The number of nitrogens with zero attached hydrogens (tertiary/aromatic N) is 2. The van der Waals surface area contributed by atoms with Crippen molar-refractivity contribution in [3.8, 4) is 5.75 Å². The molecule has 0 unspecified atom stereocenters. The lowest BCUT2D eigenvalue weighted by atomic mass is 10.2. The van der Waals surface area contributed by atoms with Crippen molar-refractivity contribution in [2.75, 3.05) is 43.9 Å². The molecule has 0 bridgehead atoms. The van der Waals surface area contributed by atoms with E-state index in [4.69, 9.17) is 4.74 Å². The fourth-order valence-corrected chi connectivity index (χ4v) is 4.62. The summed E-state index contributed by atoms with van der Waals surface area (Å²) in [4.78, 5) is 2.13. The molecule has 1 heterocycles. The molecule has 0 aromatic heterocycles. The molecule has 0 radical (unpaired) electrons. The van der Waals surface area contributed by atoms with Crippen LogP contribution in [-0.4, -0.2) is 51.8 Å². The number of ether oxygens (including phenoxy) is 1. The Morgan fingerprint density at radius 2 is 1.65 bits per heavy atom. The summed E-state index contributed by atoms with van der Waals surface area (Å²) < 4.78 is 45.8. The number of halogens is 1. The Balaban J connectivity index is 1.61. The van der Waals surface area contributed by atoms with Crippen LogP contribution < -0.4 is 9.64 Å². The highest BCUT2D eigenvalue weighted by molar-refractivity contribution is 7.89. The molecule has 0 amide bonds. The lowest BCUT2D eigenvalue weighted by Gasteiger charge is -2.36. The predicted molar refractivity (Wildman–Crippen MR) is 101 cm³/mol. The number of para-hydroxylation sites is 2. The van der Waals surface area contributed by atoms with Crippen molar-refractivity contribution >= 4 is 15.7 Å². The second-order valence-electron chi connectivity index (χ2n) is 6.22. The SMILES string of the molecule is COc1ccccc1N1CCN(S(=O)(=O)CCc2ccccc2F)CC1. The molecule has 0 aliphatic carbocycles. The number of sulfonamides is 1.